The smallest absolute Gasteiger partial charge is 0.241 e. The lowest BCUT2D eigenvalue weighted by Crippen LogP contribution is -2.34. The van der Waals surface area contributed by atoms with Gasteiger partial charge in [0.1, 0.15) is 0 Å². The van der Waals surface area contributed by atoms with Crippen molar-refractivity contribution < 1.29 is 4.52 Å². The zero-order valence-electron chi connectivity index (χ0n) is 13.1. The van der Waals surface area contributed by atoms with Crippen LogP contribution in [0.15, 0.2) is 28.8 Å². The van der Waals surface area contributed by atoms with Gasteiger partial charge in [0, 0.05) is 16.6 Å². The maximum Gasteiger partial charge on any atom is 0.241 e. The average molecular weight is 320 g/mol. The van der Waals surface area contributed by atoms with Gasteiger partial charge in [0.2, 0.25) is 11.7 Å². The van der Waals surface area contributed by atoms with E-state index in [1.54, 1.807) is 0 Å². The average Bonchev–Trinajstić information content (AvgIpc) is 2.96. The molecule has 1 aliphatic carbocycles. The molecule has 1 heterocycles. The standard InChI is InChI=1S/C17H22ClN3O/c1-12-6-8-15(9-7-12)21(2)11-16-19-17(20-22-16)13-4-3-5-14(18)10-13/h3-5,10,12,15H,6-9,11H2,1-2H3. The Labute approximate surface area is 136 Å². The molecule has 3 rings (SSSR count). The van der Waals surface area contributed by atoms with Crippen molar-refractivity contribution in [2.45, 2.75) is 45.2 Å². The van der Waals surface area contributed by atoms with Crippen LogP contribution in [0.4, 0.5) is 0 Å². The number of hydrogen-bond donors (Lipinski definition) is 0. The second-order valence-corrected chi connectivity index (χ2v) is 6.79. The highest BCUT2D eigenvalue weighted by molar-refractivity contribution is 6.30. The SMILES string of the molecule is CC1CCC(N(C)Cc2nc(-c3cccc(Cl)c3)no2)CC1. The Morgan fingerprint density at radius 1 is 1.27 bits per heavy atom. The molecule has 0 atom stereocenters. The lowest BCUT2D eigenvalue weighted by molar-refractivity contribution is 0.148. The van der Waals surface area contributed by atoms with Crippen LogP contribution >= 0.6 is 11.6 Å². The van der Waals surface area contributed by atoms with E-state index in [0.29, 0.717) is 29.3 Å². The summed E-state index contributed by atoms with van der Waals surface area (Å²) < 4.78 is 5.40. The van der Waals surface area contributed by atoms with E-state index < -0.39 is 0 Å². The normalized spacial score (nSPS) is 22.2. The third-order valence-electron chi connectivity index (χ3n) is 4.54. The number of benzene rings is 1. The minimum atomic E-state index is 0.600. The van der Waals surface area contributed by atoms with Crippen molar-refractivity contribution in [3.8, 4) is 11.4 Å². The minimum absolute atomic E-state index is 0.600. The van der Waals surface area contributed by atoms with Gasteiger partial charge in [0.15, 0.2) is 0 Å². The summed E-state index contributed by atoms with van der Waals surface area (Å²) in [5, 5.41) is 4.74. The summed E-state index contributed by atoms with van der Waals surface area (Å²) in [5.41, 5.74) is 0.886. The zero-order chi connectivity index (χ0) is 15.5. The van der Waals surface area contributed by atoms with Gasteiger partial charge in [-0.1, -0.05) is 35.8 Å². The molecule has 1 aromatic heterocycles. The molecule has 5 heteroatoms. The van der Waals surface area contributed by atoms with Crippen LogP contribution in [0.3, 0.4) is 0 Å². The van der Waals surface area contributed by atoms with E-state index in [-0.39, 0.29) is 0 Å². The summed E-state index contributed by atoms with van der Waals surface area (Å²) in [6, 6.07) is 8.14. The first-order valence-corrected chi connectivity index (χ1v) is 8.28. The molecule has 0 spiro atoms. The highest BCUT2D eigenvalue weighted by Gasteiger charge is 2.23. The van der Waals surface area contributed by atoms with Gasteiger partial charge in [0.05, 0.1) is 6.54 Å². The van der Waals surface area contributed by atoms with Crippen molar-refractivity contribution in [1.82, 2.24) is 15.0 Å². The summed E-state index contributed by atoms with van der Waals surface area (Å²) in [5.74, 6) is 2.13. The molecule has 2 aromatic rings. The third kappa shape index (κ3) is 3.68. The molecule has 0 N–H and O–H groups in total. The molecule has 0 unspecified atom stereocenters. The van der Waals surface area contributed by atoms with Crippen molar-refractivity contribution in [2.75, 3.05) is 7.05 Å². The quantitative estimate of drug-likeness (QED) is 0.837. The van der Waals surface area contributed by atoms with E-state index in [0.717, 1.165) is 11.5 Å². The molecule has 0 radical (unpaired) electrons. The predicted molar refractivity (Wildman–Crippen MR) is 87.6 cm³/mol. The molecule has 1 saturated carbocycles. The van der Waals surface area contributed by atoms with Crippen LogP contribution in [0.5, 0.6) is 0 Å². The first-order chi connectivity index (χ1) is 10.6. The van der Waals surface area contributed by atoms with Gasteiger partial charge in [-0.25, -0.2) is 0 Å². The van der Waals surface area contributed by atoms with Crippen molar-refractivity contribution in [2.24, 2.45) is 5.92 Å². The summed E-state index contributed by atoms with van der Waals surface area (Å²) in [7, 11) is 2.14. The van der Waals surface area contributed by atoms with Crippen LogP contribution in [0, 0.1) is 5.92 Å². The lowest BCUT2D eigenvalue weighted by atomic mass is 9.87. The summed E-state index contributed by atoms with van der Waals surface area (Å²) >= 11 is 6.00. The molecule has 1 fully saturated rings. The van der Waals surface area contributed by atoms with Crippen LogP contribution in [0.1, 0.15) is 38.5 Å². The molecular weight excluding hydrogens is 298 g/mol. The van der Waals surface area contributed by atoms with Gasteiger partial charge in [-0.05, 0) is 50.8 Å². The van der Waals surface area contributed by atoms with Crippen LogP contribution in [0.2, 0.25) is 5.02 Å². The molecule has 1 aromatic carbocycles. The summed E-state index contributed by atoms with van der Waals surface area (Å²) in [6.07, 6.45) is 5.14. The molecule has 4 nitrogen and oxygen atoms in total. The van der Waals surface area contributed by atoms with Crippen LogP contribution in [-0.2, 0) is 6.54 Å². The molecule has 0 saturated heterocycles. The Morgan fingerprint density at radius 2 is 2.05 bits per heavy atom. The first-order valence-electron chi connectivity index (χ1n) is 7.90. The van der Waals surface area contributed by atoms with E-state index in [2.05, 4.69) is 29.0 Å². The Bertz CT molecular complexity index is 620. The molecule has 0 bridgehead atoms. The fraction of sp³-hybridized carbons (Fsp3) is 0.529. The van der Waals surface area contributed by atoms with Crippen molar-refractivity contribution in [3.05, 3.63) is 35.2 Å². The van der Waals surface area contributed by atoms with Gasteiger partial charge >= 0.3 is 0 Å². The third-order valence-corrected chi connectivity index (χ3v) is 4.78. The van der Waals surface area contributed by atoms with E-state index in [1.165, 1.54) is 25.7 Å². The number of hydrogen-bond acceptors (Lipinski definition) is 4. The maximum atomic E-state index is 6.00. The van der Waals surface area contributed by atoms with Gasteiger partial charge in [0.25, 0.3) is 0 Å². The minimum Gasteiger partial charge on any atom is -0.338 e. The maximum absolute atomic E-state index is 6.00. The first kappa shape index (κ1) is 15.5. The fourth-order valence-corrected chi connectivity index (χ4v) is 3.28. The number of halogens is 1. The van der Waals surface area contributed by atoms with Crippen molar-refractivity contribution in [3.63, 3.8) is 0 Å². The highest BCUT2D eigenvalue weighted by atomic mass is 35.5. The van der Waals surface area contributed by atoms with Crippen LogP contribution in [-0.4, -0.2) is 28.1 Å². The van der Waals surface area contributed by atoms with Gasteiger partial charge in [-0.3, -0.25) is 4.90 Å². The van der Waals surface area contributed by atoms with E-state index in [1.807, 2.05) is 24.3 Å². The topological polar surface area (TPSA) is 42.2 Å². The van der Waals surface area contributed by atoms with E-state index >= 15 is 0 Å². The predicted octanol–water partition coefficient (Wildman–Crippen LogP) is 4.40. The molecule has 0 amide bonds. The van der Waals surface area contributed by atoms with Crippen LogP contribution in [0.25, 0.3) is 11.4 Å². The monoisotopic (exact) mass is 319 g/mol. The number of nitrogens with zero attached hydrogens (tertiary/aromatic N) is 3. The molecule has 22 heavy (non-hydrogen) atoms. The van der Waals surface area contributed by atoms with E-state index in [9.17, 15) is 0 Å². The fourth-order valence-electron chi connectivity index (χ4n) is 3.09. The van der Waals surface area contributed by atoms with Gasteiger partial charge < -0.3 is 4.52 Å². The van der Waals surface area contributed by atoms with Crippen LogP contribution < -0.4 is 0 Å². The molecule has 118 valence electrons. The Morgan fingerprint density at radius 3 is 2.77 bits per heavy atom. The van der Waals surface area contributed by atoms with Crippen molar-refractivity contribution >= 4 is 11.6 Å². The molecule has 1 aliphatic rings. The Balaban J connectivity index is 1.64. The number of aromatic nitrogens is 2. The summed E-state index contributed by atoms with van der Waals surface area (Å²) in [4.78, 5) is 6.83. The second-order valence-electron chi connectivity index (χ2n) is 6.35. The second kappa shape index (κ2) is 6.80. The summed E-state index contributed by atoms with van der Waals surface area (Å²) in [6.45, 7) is 3.04. The zero-order valence-corrected chi connectivity index (χ0v) is 13.9. The van der Waals surface area contributed by atoms with E-state index in [4.69, 9.17) is 16.1 Å². The van der Waals surface area contributed by atoms with Gasteiger partial charge in [-0.2, -0.15) is 4.98 Å². The highest BCUT2D eigenvalue weighted by Crippen LogP contribution is 2.27. The number of rotatable bonds is 4. The van der Waals surface area contributed by atoms with Crippen molar-refractivity contribution in [1.29, 1.82) is 0 Å². The Hall–Kier alpha value is -1.39. The largest absolute Gasteiger partial charge is 0.338 e. The molecular formula is C17H22ClN3O. The molecule has 0 aliphatic heterocycles. The Kier molecular flexibility index (Phi) is 4.79. The lowest BCUT2D eigenvalue weighted by Gasteiger charge is -2.32. The van der Waals surface area contributed by atoms with Gasteiger partial charge in [-0.15, -0.1) is 0 Å².